The third-order valence-electron chi connectivity index (χ3n) is 18.0. The van der Waals surface area contributed by atoms with Crippen LogP contribution in [0.5, 0.6) is 0 Å². The fourth-order valence-electron chi connectivity index (χ4n) is 15.3. The molecule has 0 aromatic carbocycles. The van der Waals surface area contributed by atoms with Gasteiger partial charge in [-0.25, -0.2) is 8.78 Å². The Labute approximate surface area is 426 Å². The Morgan fingerprint density at radius 1 is 0.682 bits per heavy atom. The normalized spacial score (nSPS) is 48.0. The topological polar surface area (TPSA) is 288 Å². The van der Waals surface area contributed by atoms with E-state index in [1.807, 2.05) is 0 Å². The van der Waals surface area contributed by atoms with Gasteiger partial charge in [0.2, 0.25) is 0 Å². The Hall–Kier alpha value is -0.440. The molecule has 0 aliphatic heterocycles. The van der Waals surface area contributed by atoms with Crippen LogP contribution in [0.15, 0.2) is 47.6 Å². The van der Waals surface area contributed by atoms with E-state index in [2.05, 4.69) is 0 Å². The van der Waals surface area contributed by atoms with Crippen molar-refractivity contribution in [1.82, 2.24) is 0 Å². The third kappa shape index (κ3) is 7.72. The van der Waals surface area contributed by atoms with E-state index in [0.29, 0.717) is 36.8 Å². The second-order valence-electron chi connectivity index (χ2n) is 20.6. The van der Waals surface area contributed by atoms with Gasteiger partial charge in [0.15, 0.2) is 34.5 Å². The number of hydrogen-bond acceptors (Lipinski definition) is 14. The predicted octanol–water partition coefficient (Wildman–Crippen LogP) is -3.23. The summed E-state index contributed by atoms with van der Waals surface area (Å²) in [4.78, 5) is 92.5. The van der Waals surface area contributed by atoms with Crippen molar-refractivity contribution in [2.24, 2.45) is 57.2 Å². The molecule has 8 aliphatic rings. The van der Waals surface area contributed by atoms with Gasteiger partial charge in [0.1, 0.15) is 24.4 Å². The number of carbonyl (C=O) groups is 4. The van der Waals surface area contributed by atoms with Crippen LogP contribution in [0, 0.1) is 57.2 Å². The molecule has 6 unspecified atom stereocenters. The van der Waals surface area contributed by atoms with Crippen LogP contribution in [0.3, 0.4) is 0 Å². The molecule has 0 heterocycles. The summed E-state index contributed by atoms with van der Waals surface area (Å²) in [5.74, 6) is -6.54. The molecule has 6 N–H and O–H groups in total. The van der Waals surface area contributed by atoms with Gasteiger partial charge in [-0.15, -0.1) is 0 Å². The number of carbonyl (C=O) groups excluding carboxylic acids is 4. The number of allylic oxidation sites excluding steroid dienone is 8. The molecule has 0 spiro atoms. The van der Waals surface area contributed by atoms with Crippen molar-refractivity contribution in [3.63, 3.8) is 0 Å². The Bertz CT molecular complexity index is 2110. The van der Waals surface area contributed by atoms with Crippen molar-refractivity contribution in [2.75, 3.05) is 13.2 Å². The number of halogens is 2. The van der Waals surface area contributed by atoms with Crippen LogP contribution in [-0.4, -0.2) is 101 Å². The zero-order chi connectivity index (χ0) is 47.8. The Balaban J connectivity index is 0.000000240. The molecule has 0 aromatic heterocycles. The zero-order valence-electron chi connectivity index (χ0n) is 38.6. The largest absolute Gasteiger partial charge is 1.00 e. The summed E-state index contributed by atoms with van der Waals surface area (Å²) in [5.41, 5.74) is -12.5. The Morgan fingerprint density at radius 2 is 1.00 bits per heavy atom. The molecule has 0 saturated heterocycles. The number of fused-ring (bicyclic) bond motifs is 10. The van der Waals surface area contributed by atoms with Gasteiger partial charge in [-0.2, -0.15) is 0 Å². The predicted molar refractivity (Wildman–Crippen MR) is 217 cm³/mol. The van der Waals surface area contributed by atoms with E-state index in [1.54, 1.807) is 41.5 Å². The molecule has 22 heteroatoms. The van der Waals surface area contributed by atoms with Crippen LogP contribution in [0.2, 0.25) is 0 Å². The van der Waals surface area contributed by atoms with Crippen molar-refractivity contribution in [1.29, 1.82) is 0 Å². The molecule has 0 aromatic rings. The number of rotatable bonds is 8. The van der Waals surface area contributed by atoms with Crippen molar-refractivity contribution < 1.29 is 145 Å². The molecule has 6 fully saturated rings. The molecule has 8 aliphatic carbocycles. The average molecular weight is 989 g/mol. The van der Waals surface area contributed by atoms with Gasteiger partial charge in [0, 0.05) is 33.5 Å². The molecular formula is C44H58F2Na2O16P2. The quantitative estimate of drug-likeness (QED) is 0.103. The van der Waals surface area contributed by atoms with Crippen molar-refractivity contribution >= 4 is 38.8 Å². The number of phosphoric ester groups is 2. The monoisotopic (exact) mass is 988 g/mol. The molecule has 0 bridgehead atoms. The molecule has 0 amide bonds. The first-order chi connectivity index (χ1) is 29.3. The molecule has 16 nitrogen and oxygen atoms in total. The van der Waals surface area contributed by atoms with Gasteiger partial charge in [0.25, 0.3) is 15.6 Å². The van der Waals surface area contributed by atoms with Crippen LogP contribution in [0.4, 0.5) is 8.78 Å². The number of aliphatic hydroxyl groups is 4. The SMILES string of the molecule is C[C@@H]1CC2C3CCC4=CC(=O)C=C[C@]4(C)[C@@]3(F)[C@@H](O)C[C@]2(C)[C@@]1(OP(=O)([O-])O)C(=O)CO.C[C@@H]1CC2C3CCC4=CC(=O)C=C[C@]4(C)[C@@]3(F)[C@@H](O)C[C@]2(C)[C@@]1(OP(=O)([O-])O)C(=O)CO.[Na+].[Na+]. The fourth-order valence-corrected chi connectivity index (χ4v) is 17.0. The third-order valence-corrected chi connectivity index (χ3v) is 19.0. The minimum Gasteiger partial charge on any atom is -0.756 e. The summed E-state index contributed by atoms with van der Waals surface area (Å²) >= 11 is 0. The van der Waals surface area contributed by atoms with E-state index in [9.17, 15) is 68.3 Å². The van der Waals surface area contributed by atoms with Crippen LogP contribution in [-0.2, 0) is 37.4 Å². The summed E-state index contributed by atoms with van der Waals surface area (Å²) in [6.07, 6.45) is 6.43. The minimum atomic E-state index is -5.42. The maximum atomic E-state index is 17.1. The van der Waals surface area contributed by atoms with Crippen molar-refractivity contribution in [2.45, 2.75) is 128 Å². The van der Waals surface area contributed by atoms with E-state index in [1.165, 1.54) is 36.5 Å². The standard InChI is InChI=1S/2C22H30FO8P.2Na/c2*1-12-8-16-15-5-4-13-9-14(25)6-7-19(13,2)21(15,23)17(26)10-20(16,3)22(12,18(27)11-24)31-32(28,29)30;;/h2*6-7,9,12,15-17,24,26H,4-5,8,10-11H2,1-3H3,(H2,28,29,30);;/q;;2*+1/p-2/t2*12-,15?,16?,17+,19+,20+,21+,22+;;/m11../s1. The first-order valence-corrected chi connectivity index (χ1v) is 24.7. The van der Waals surface area contributed by atoms with Crippen LogP contribution in [0.25, 0.3) is 0 Å². The van der Waals surface area contributed by atoms with Crippen molar-refractivity contribution in [3.8, 4) is 0 Å². The van der Waals surface area contributed by atoms with Gasteiger partial charge in [-0.05, 0) is 113 Å². The van der Waals surface area contributed by atoms with Crippen LogP contribution in [0.1, 0.15) is 92.9 Å². The number of hydrogen-bond donors (Lipinski definition) is 6. The Morgan fingerprint density at radius 3 is 1.29 bits per heavy atom. The summed E-state index contributed by atoms with van der Waals surface area (Å²) in [5, 5.41) is 41.8. The van der Waals surface area contributed by atoms with E-state index < -0.39 is 132 Å². The number of phosphoric acid groups is 2. The van der Waals surface area contributed by atoms with Gasteiger partial charge < -0.3 is 49.0 Å². The van der Waals surface area contributed by atoms with Crippen LogP contribution >= 0.6 is 15.6 Å². The first-order valence-electron chi connectivity index (χ1n) is 21.7. The second-order valence-corrected chi connectivity index (χ2v) is 22.8. The van der Waals surface area contributed by atoms with E-state index in [-0.39, 0.29) is 96.4 Å². The second kappa shape index (κ2) is 18.2. The first kappa shape index (κ1) is 56.5. The van der Waals surface area contributed by atoms with Gasteiger partial charge in [-0.3, -0.25) is 28.3 Å². The van der Waals surface area contributed by atoms with Crippen molar-refractivity contribution in [3.05, 3.63) is 47.6 Å². The maximum absolute atomic E-state index is 17.1. The van der Waals surface area contributed by atoms with Crippen LogP contribution < -0.4 is 68.9 Å². The molecule has 8 rings (SSSR count). The van der Waals surface area contributed by atoms with Gasteiger partial charge >= 0.3 is 59.1 Å². The molecular weight excluding hydrogens is 930 g/mol. The van der Waals surface area contributed by atoms with E-state index in [0.717, 1.165) is 0 Å². The van der Waals surface area contributed by atoms with E-state index >= 15 is 8.78 Å². The molecule has 6 saturated carbocycles. The molecule has 18 atom stereocenters. The summed E-state index contributed by atoms with van der Waals surface area (Å²) < 4.78 is 67.9. The molecule has 0 radical (unpaired) electrons. The smallest absolute Gasteiger partial charge is 0.756 e. The Kier molecular flexibility index (Phi) is 15.6. The summed E-state index contributed by atoms with van der Waals surface area (Å²) in [7, 11) is -10.8. The maximum Gasteiger partial charge on any atom is 1.00 e. The fraction of sp³-hybridized carbons (Fsp3) is 0.727. The number of Topliss-reactive ketones (excluding diaryl/α,β-unsaturated/α-hetero) is 2. The average Bonchev–Trinajstić information content (AvgIpc) is 3.53. The van der Waals surface area contributed by atoms with Gasteiger partial charge in [-0.1, -0.05) is 51.0 Å². The number of ketones is 4. The van der Waals surface area contributed by atoms with E-state index in [4.69, 9.17) is 9.05 Å². The molecule has 66 heavy (non-hydrogen) atoms. The summed E-state index contributed by atoms with van der Waals surface area (Å²) in [6, 6.07) is 0. The molecule has 356 valence electrons. The minimum absolute atomic E-state index is 0. The summed E-state index contributed by atoms with van der Waals surface area (Å²) in [6.45, 7) is 7.55. The number of aliphatic hydroxyl groups excluding tert-OH is 4. The van der Waals surface area contributed by atoms with Gasteiger partial charge in [0.05, 0.1) is 12.2 Å². The zero-order valence-corrected chi connectivity index (χ0v) is 44.4. The number of alkyl halides is 2.